The van der Waals surface area contributed by atoms with Crippen LogP contribution in [0.1, 0.15) is 19.8 Å². The third-order valence-corrected chi connectivity index (χ3v) is 2.04. The molecular formula is C9H15NO4. The molecule has 2 rings (SSSR count). The number of cyclic esters (lactones) is 2. The summed E-state index contributed by atoms with van der Waals surface area (Å²) in [7, 11) is 1.84. The molecule has 0 aliphatic carbocycles. The van der Waals surface area contributed by atoms with Crippen LogP contribution in [-0.2, 0) is 14.3 Å². The highest BCUT2D eigenvalue weighted by Gasteiger charge is 2.19. The van der Waals surface area contributed by atoms with E-state index in [-0.39, 0.29) is 6.10 Å². The number of likely N-dealkylation sites (tertiary alicyclic amines) is 1. The minimum absolute atomic E-state index is 0.0486. The van der Waals surface area contributed by atoms with E-state index in [0.717, 1.165) is 19.4 Å². The van der Waals surface area contributed by atoms with E-state index in [4.69, 9.17) is 0 Å². The van der Waals surface area contributed by atoms with Crippen molar-refractivity contribution in [1.82, 2.24) is 4.90 Å². The Balaban J connectivity index is 0.000000140. The van der Waals surface area contributed by atoms with Crippen LogP contribution in [-0.4, -0.2) is 43.3 Å². The van der Waals surface area contributed by atoms with Gasteiger partial charge in [0.2, 0.25) is 5.91 Å². The average molecular weight is 201 g/mol. The summed E-state index contributed by atoms with van der Waals surface area (Å²) in [6.07, 6.45) is 1.21. The fourth-order valence-corrected chi connectivity index (χ4v) is 1.20. The number of hydrogen-bond donors (Lipinski definition) is 0. The summed E-state index contributed by atoms with van der Waals surface area (Å²) in [5.41, 5.74) is 0. The van der Waals surface area contributed by atoms with E-state index in [9.17, 15) is 9.59 Å². The van der Waals surface area contributed by atoms with Crippen molar-refractivity contribution < 1.29 is 19.1 Å². The first-order valence-electron chi connectivity index (χ1n) is 4.67. The fraction of sp³-hybridized carbons (Fsp3) is 0.778. The van der Waals surface area contributed by atoms with Crippen LogP contribution in [0.25, 0.3) is 0 Å². The SMILES string of the molecule is CC1COC(=O)O1.CN1CCCC1=O. The zero-order valence-corrected chi connectivity index (χ0v) is 8.49. The molecule has 2 aliphatic heterocycles. The van der Waals surface area contributed by atoms with Gasteiger partial charge in [-0.1, -0.05) is 0 Å². The lowest BCUT2D eigenvalue weighted by Crippen LogP contribution is -2.17. The molecule has 5 heteroatoms. The standard InChI is InChI=1S/C5H9NO.C4H6O3/c1-6-4-2-3-5(6)7;1-3-2-6-4(5)7-3/h2-4H2,1H3;3H,2H2,1H3. The molecule has 0 aromatic heterocycles. The summed E-state index contributed by atoms with van der Waals surface area (Å²) >= 11 is 0. The summed E-state index contributed by atoms with van der Waals surface area (Å²) in [4.78, 5) is 22.3. The fourth-order valence-electron chi connectivity index (χ4n) is 1.20. The van der Waals surface area contributed by atoms with Crippen molar-refractivity contribution in [2.75, 3.05) is 20.2 Å². The first-order valence-corrected chi connectivity index (χ1v) is 4.67. The molecule has 80 valence electrons. The number of carbonyl (C=O) groups excluding carboxylic acids is 2. The van der Waals surface area contributed by atoms with Gasteiger partial charge in [-0.2, -0.15) is 0 Å². The summed E-state index contributed by atoms with van der Waals surface area (Å²) in [5.74, 6) is 0.292. The number of ether oxygens (including phenoxy) is 2. The third kappa shape index (κ3) is 3.24. The Hall–Kier alpha value is -1.26. The first-order chi connectivity index (χ1) is 6.59. The highest BCUT2D eigenvalue weighted by Crippen LogP contribution is 2.04. The summed E-state index contributed by atoms with van der Waals surface area (Å²) in [6.45, 7) is 3.14. The van der Waals surface area contributed by atoms with Gasteiger partial charge in [-0.3, -0.25) is 4.79 Å². The summed E-state index contributed by atoms with van der Waals surface area (Å²) < 4.78 is 8.90. The molecule has 0 N–H and O–H groups in total. The maximum atomic E-state index is 10.5. The Kier molecular flexibility index (Phi) is 3.73. The highest BCUT2D eigenvalue weighted by molar-refractivity contribution is 5.77. The van der Waals surface area contributed by atoms with Crippen molar-refractivity contribution in [1.29, 1.82) is 0 Å². The predicted molar refractivity (Wildman–Crippen MR) is 48.8 cm³/mol. The molecule has 1 amide bonds. The van der Waals surface area contributed by atoms with Gasteiger partial charge in [0.15, 0.2) is 0 Å². The molecule has 5 nitrogen and oxygen atoms in total. The van der Waals surface area contributed by atoms with Gasteiger partial charge in [-0.25, -0.2) is 4.79 Å². The lowest BCUT2D eigenvalue weighted by molar-refractivity contribution is -0.126. The quantitative estimate of drug-likeness (QED) is 0.543. The first kappa shape index (κ1) is 10.8. The van der Waals surface area contributed by atoms with Gasteiger partial charge in [0, 0.05) is 20.0 Å². The minimum Gasteiger partial charge on any atom is -0.430 e. The van der Waals surface area contributed by atoms with Crippen LogP contribution in [0.3, 0.4) is 0 Å². The smallest absolute Gasteiger partial charge is 0.430 e. The highest BCUT2D eigenvalue weighted by atomic mass is 16.8. The molecule has 0 aromatic rings. The van der Waals surface area contributed by atoms with Crippen molar-refractivity contribution in [2.24, 2.45) is 0 Å². The number of nitrogens with zero attached hydrogens (tertiary/aromatic N) is 1. The van der Waals surface area contributed by atoms with Gasteiger partial charge in [-0.05, 0) is 13.3 Å². The number of hydrogen-bond acceptors (Lipinski definition) is 4. The van der Waals surface area contributed by atoms with Gasteiger partial charge in [0.05, 0.1) is 0 Å². The second-order valence-corrected chi connectivity index (χ2v) is 3.41. The second kappa shape index (κ2) is 4.83. The zero-order chi connectivity index (χ0) is 10.6. The van der Waals surface area contributed by atoms with Gasteiger partial charge in [-0.15, -0.1) is 0 Å². The Labute approximate surface area is 83.0 Å². The van der Waals surface area contributed by atoms with E-state index in [1.165, 1.54) is 0 Å². The van der Waals surface area contributed by atoms with Crippen LogP contribution in [0, 0.1) is 0 Å². The Morgan fingerprint density at radius 2 is 2.14 bits per heavy atom. The Morgan fingerprint density at radius 1 is 1.43 bits per heavy atom. The van der Waals surface area contributed by atoms with E-state index in [0.29, 0.717) is 12.5 Å². The molecule has 1 atom stereocenters. The molecule has 2 saturated heterocycles. The molecule has 0 saturated carbocycles. The molecule has 0 spiro atoms. The maximum Gasteiger partial charge on any atom is 0.508 e. The van der Waals surface area contributed by atoms with E-state index in [2.05, 4.69) is 9.47 Å². The number of rotatable bonds is 0. The maximum absolute atomic E-state index is 10.5. The van der Waals surface area contributed by atoms with Crippen LogP contribution in [0.2, 0.25) is 0 Å². The van der Waals surface area contributed by atoms with Gasteiger partial charge in [0.25, 0.3) is 0 Å². The van der Waals surface area contributed by atoms with E-state index >= 15 is 0 Å². The third-order valence-electron chi connectivity index (χ3n) is 2.04. The van der Waals surface area contributed by atoms with Crippen molar-refractivity contribution in [3.63, 3.8) is 0 Å². The molecule has 2 aliphatic rings. The minimum atomic E-state index is -0.549. The van der Waals surface area contributed by atoms with Gasteiger partial charge >= 0.3 is 6.16 Å². The van der Waals surface area contributed by atoms with E-state index < -0.39 is 6.16 Å². The number of carbonyl (C=O) groups is 2. The molecule has 0 radical (unpaired) electrons. The normalized spacial score (nSPS) is 25.3. The van der Waals surface area contributed by atoms with Crippen LogP contribution >= 0.6 is 0 Å². The van der Waals surface area contributed by atoms with Crippen molar-refractivity contribution in [3.8, 4) is 0 Å². The van der Waals surface area contributed by atoms with E-state index in [1.54, 1.807) is 11.8 Å². The van der Waals surface area contributed by atoms with Crippen molar-refractivity contribution in [2.45, 2.75) is 25.9 Å². The molecule has 0 bridgehead atoms. The van der Waals surface area contributed by atoms with Crippen LogP contribution in [0.4, 0.5) is 4.79 Å². The molecule has 2 heterocycles. The second-order valence-electron chi connectivity index (χ2n) is 3.41. The zero-order valence-electron chi connectivity index (χ0n) is 8.49. The van der Waals surface area contributed by atoms with Gasteiger partial charge in [0.1, 0.15) is 12.7 Å². The number of amides is 1. The topological polar surface area (TPSA) is 55.8 Å². The molecule has 0 aromatic carbocycles. The molecule has 14 heavy (non-hydrogen) atoms. The van der Waals surface area contributed by atoms with Crippen molar-refractivity contribution >= 4 is 12.1 Å². The van der Waals surface area contributed by atoms with Crippen LogP contribution in [0.5, 0.6) is 0 Å². The largest absolute Gasteiger partial charge is 0.508 e. The summed E-state index contributed by atoms with van der Waals surface area (Å²) in [5, 5.41) is 0. The lowest BCUT2D eigenvalue weighted by Gasteiger charge is -2.03. The summed E-state index contributed by atoms with van der Waals surface area (Å²) in [6, 6.07) is 0. The molecule has 1 unspecified atom stereocenters. The Morgan fingerprint density at radius 3 is 2.29 bits per heavy atom. The average Bonchev–Trinajstić information content (AvgIpc) is 2.65. The lowest BCUT2D eigenvalue weighted by atomic mass is 10.4. The Bertz CT molecular complexity index is 229. The molecular weight excluding hydrogens is 186 g/mol. The van der Waals surface area contributed by atoms with Crippen molar-refractivity contribution in [3.05, 3.63) is 0 Å². The molecule has 2 fully saturated rings. The predicted octanol–water partition coefficient (Wildman–Crippen LogP) is 0.780. The monoisotopic (exact) mass is 201 g/mol. The van der Waals surface area contributed by atoms with Crippen LogP contribution < -0.4 is 0 Å². The van der Waals surface area contributed by atoms with Crippen LogP contribution in [0.15, 0.2) is 0 Å². The van der Waals surface area contributed by atoms with Gasteiger partial charge < -0.3 is 14.4 Å². The van der Waals surface area contributed by atoms with E-state index in [1.807, 2.05) is 7.05 Å².